The number of aromatic nitrogens is 1. The molecule has 0 saturated heterocycles. The maximum absolute atomic E-state index is 13.2. The van der Waals surface area contributed by atoms with Crippen LogP contribution in [0, 0.1) is 9.52 Å². The minimum Gasteiger partial charge on any atom is -0.466 e. The van der Waals surface area contributed by atoms with Gasteiger partial charge in [0.1, 0.15) is 9.52 Å². The zero-order valence-electron chi connectivity index (χ0n) is 7.59. The van der Waals surface area contributed by atoms with Gasteiger partial charge in [0.2, 0.25) is 0 Å². The molecule has 76 valence electrons. The molecular formula is C9H9FINO2. The first-order valence-electron chi connectivity index (χ1n) is 4.09. The summed E-state index contributed by atoms with van der Waals surface area (Å²) >= 11 is 1.89. The van der Waals surface area contributed by atoms with E-state index >= 15 is 0 Å². The molecule has 1 aromatic rings. The molecule has 0 aliphatic carbocycles. The molecule has 1 rings (SSSR count). The van der Waals surface area contributed by atoms with Crippen molar-refractivity contribution >= 4 is 28.6 Å². The van der Waals surface area contributed by atoms with Gasteiger partial charge in [0.05, 0.1) is 13.0 Å². The summed E-state index contributed by atoms with van der Waals surface area (Å²) in [4.78, 5) is 15.0. The van der Waals surface area contributed by atoms with E-state index in [9.17, 15) is 9.18 Å². The highest BCUT2D eigenvalue weighted by atomic mass is 127. The number of halogens is 2. The van der Waals surface area contributed by atoms with E-state index < -0.39 is 11.8 Å². The Bertz CT molecular complexity index is 323. The van der Waals surface area contributed by atoms with Gasteiger partial charge in [-0.15, -0.1) is 0 Å². The summed E-state index contributed by atoms with van der Waals surface area (Å²) in [6.07, 6.45) is 1.30. The van der Waals surface area contributed by atoms with Crippen molar-refractivity contribution in [3.8, 4) is 0 Å². The molecule has 14 heavy (non-hydrogen) atoms. The van der Waals surface area contributed by atoms with Crippen LogP contribution in [0.4, 0.5) is 4.39 Å². The van der Waals surface area contributed by atoms with Crippen molar-refractivity contribution in [2.75, 3.05) is 6.61 Å². The molecule has 0 N–H and O–H groups in total. The molecule has 0 saturated carbocycles. The first-order chi connectivity index (χ1) is 6.65. The van der Waals surface area contributed by atoms with E-state index in [4.69, 9.17) is 4.74 Å². The number of hydrogen-bond acceptors (Lipinski definition) is 3. The molecule has 0 aromatic carbocycles. The van der Waals surface area contributed by atoms with Crippen molar-refractivity contribution in [1.82, 2.24) is 4.98 Å². The average Bonchev–Trinajstić information content (AvgIpc) is 2.12. The van der Waals surface area contributed by atoms with Crippen molar-refractivity contribution in [2.24, 2.45) is 0 Å². The predicted molar refractivity (Wildman–Crippen MR) is 57.2 cm³/mol. The van der Waals surface area contributed by atoms with Crippen LogP contribution in [0.2, 0.25) is 0 Å². The molecule has 0 unspecified atom stereocenters. The van der Waals surface area contributed by atoms with Crippen molar-refractivity contribution in [3.63, 3.8) is 0 Å². The molecule has 0 atom stereocenters. The van der Waals surface area contributed by atoms with E-state index in [-0.39, 0.29) is 6.42 Å². The molecule has 5 heteroatoms. The topological polar surface area (TPSA) is 39.2 Å². The third-order valence-corrected chi connectivity index (χ3v) is 2.50. The number of pyridine rings is 1. The zero-order valence-corrected chi connectivity index (χ0v) is 9.75. The second-order valence-electron chi connectivity index (χ2n) is 2.54. The molecule has 0 aliphatic heterocycles. The number of esters is 1. The molecular weight excluding hydrogens is 300 g/mol. The molecule has 1 aromatic heterocycles. The van der Waals surface area contributed by atoms with Gasteiger partial charge in [0.15, 0.2) is 0 Å². The normalized spacial score (nSPS) is 9.93. The van der Waals surface area contributed by atoms with Crippen LogP contribution in [0.5, 0.6) is 0 Å². The number of hydrogen-bond donors (Lipinski definition) is 0. The van der Waals surface area contributed by atoms with Gasteiger partial charge in [-0.1, -0.05) is 0 Å². The number of rotatable bonds is 3. The van der Waals surface area contributed by atoms with Gasteiger partial charge in [-0.2, -0.15) is 0 Å². The van der Waals surface area contributed by atoms with Crippen LogP contribution < -0.4 is 0 Å². The molecule has 0 bridgehead atoms. The summed E-state index contributed by atoms with van der Waals surface area (Å²) in [6, 6.07) is 1.23. The van der Waals surface area contributed by atoms with Crippen LogP contribution in [0.15, 0.2) is 12.3 Å². The van der Waals surface area contributed by atoms with Gasteiger partial charge in [0, 0.05) is 11.8 Å². The minimum atomic E-state index is -0.433. The highest BCUT2D eigenvalue weighted by molar-refractivity contribution is 14.1. The summed E-state index contributed by atoms with van der Waals surface area (Å²) in [5, 5.41) is 0. The van der Waals surface area contributed by atoms with Crippen molar-refractivity contribution in [3.05, 3.63) is 27.3 Å². The molecule has 0 fully saturated rings. The zero-order chi connectivity index (χ0) is 10.6. The largest absolute Gasteiger partial charge is 0.466 e. The molecule has 0 spiro atoms. The quantitative estimate of drug-likeness (QED) is 0.486. The van der Waals surface area contributed by atoms with Gasteiger partial charge in [-0.3, -0.25) is 4.79 Å². The van der Waals surface area contributed by atoms with Crippen molar-refractivity contribution < 1.29 is 13.9 Å². The lowest BCUT2D eigenvalue weighted by Crippen LogP contribution is -2.10. The van der Waals surface area contributed by atoms with Gasteiger partial charge < -0.3 is 4.74 Å². The smallest absolute Gasteiger partial charge is 0.310 e. The van der Waals surface area contributed by atoms with Gasteiger partial charge >= 0.3 is 5.97 Å². The number of carbonyl (C=O) groups is 1. The Labute approximate surface area is 94.8 Å². The molecule has 3 nitrogen and oxygen atoms in total. The van der Waals surface area contributed by atoms with Crippen LogP contribution in [0.1, 0.15) is 12.5 Å². The monoisotopic (exact) mass is 309 g/mol. The first-order valence-corrected chi connectivity index (χ1v) is 5.17. The Balaban J connectivity index is 2.80. The van der Waals surface area contributed by atoms with Crippen LogP contribution in [0.3, 0.4) is 0 Å². The van der Waals surface area contributed by atoms with E-state index in [1.165, 1.54) is 12.3 Å². The lowest BCUT2D eigenvalue weighted by molar-refractivity contribution is -0.142. The SMILES string of the molecule is CCOC(=O)Cc1c(F)ccnc1I. The molecule has 0 amide bonds. The maximum Gasteiger partial charge on any atom is 0.310 e. The van der Waals surface area contributed by atoms with E-state index in [1.807, 2.05) is 22.6 Å². The lowest BCUT2D eigenvalue weighted by Gasteiger charge is -2.04. The Morgan fingerprint density at radius 2 is 2.43 bits per heavy atom. The fraction of sp³-hybridized carbons (Fsp3) is 0.333. The summed E-state index contributed by atoms with van der Waals surface area (Å²) in [5.74, 6) is -0.852. The van der Waals surface area contributed by atoms with E-state index in [1.54, 1.807) is 6.92 Å². The van der Waals surface area contributed by atoms with Crippen LogP contribution in [-0.2, 0) is 16.0 Å². The first kappa shape index (κ1) is 11.4. The third kappa shape index (κ3) is 2.90. The van der Waals surface area contributed by atoms with E-state index in [0.29, 0.717) is 15.9 Å². The minimum absolute atomic E-state index is 0.0637. The fourth-order valence-electron chi connectivity index (χ4n) is 0.959. The van der Waals surface area contributed by atoms with Crippen molar-refractivity contribution in [1.29, 1.82) is 0 Å². The Hall–Kier alpha value is -0.720. The van der Waals surface area contributed by atoms with Gasteiger partial charge in [-0.25, -0.2) is 9.37 Å². The van der Waals surface area contributed by atoms with Crippen LogP contribution in [-0.4, -0.2) is 17.6 Å². The van der Waals surface area contributed by atoms with Gasteiger partial charge in [-0.05, 0) is 35.6 Å². The molecule has 1 heterocycles. The van der Waals surface area contributed by atoms with Gasteiger partial charge in [0.25, 0.3) is 0 Å². The number of ether oxygens (including phenoxy) is 1. The van der Waals surface area contributed by atoms with Crippen LogP contribution in [0.25, 0.3) is 0 Å². The Morgan fingerprint density at radius 3 is 3.00 bits per heavy atom. The highest BCUT2D eigenvalue weighted by Gasteiger charge is 2.12. The second-order valence-corrected chi connectivity index (χ2v) is 3.57. The Kier molecular flexibility index (Phi) is 4.24. The summed E-state index contributed by atoms with van der Waals surface area (Å²) in [5.41, 5.74) is 0.298. The summed E-state index contributed by atoms with van der Waals surface area (Å²) in [6.45, 7) is 2.01. The molecule has 0 radical (unpaired) electrons. The van der Waals surface area contributed by atoms with Crippen LogP contribution >= 0.6 is 22.6 Å². The lowest BCUT2D eigenvalue weighted by atomic mass is 10.2. The van der Waals surface area contributed by atoms with Crippen molar-refractivity contribution in [2.45, 2.75) is 13.3 Å². The van der Waals surface area contributed by atoms with E-state index in [0.717, 1.165) is 0 Å². The predicted octanol–water partition coefficient (Wildman–Crippen LogP) is 1.93. The Morgan fingerprint density at radius 1 is 1.71 bits per heavy atom. The highest BCUT2D eigenvalue weighted by Crippen LogP contribution is 2.14. The summed E-state index contributed by atoms with van der Waals surface area (Å²) < 4.78 is 18.4. The second kappa shape index (κ2) is 5.23. The number of nitrogens with zero attached hydrogens (tertiary/aromatic N) is 1. The average molecular weight is 309 g/mol. The number of carbonyl (C=O) groups excluding carboxylic acids is 1. The van der Waals surface area contributed by atoms with E-state index in [2.05, 4.69) is 4.98 Å². The summed E-state index contributed by atoms with van der Waals surface area (Å²) in [7, 11) is 0. The molecule has 0 aliphatic rings. The standard InChI is InChI=1S/C9H9FINO2/c1-2-14-8(13)5-6-7(10)3-4-12-9(6)11/h3-4H,2,5H2,1H3. The third-order valence-electron chi connectivity index (χ3n) is 1.57. The maximum atomic E-state index is 13.2. The fourth-order valence-corrected chi connectivity index (χ4v) is 1.57.